The topological polar surface area (TPSA) is 0 Å². The molecule has 0 aliphatic heterocycles. The molecule has 0 nitrogen and oxygen atoms in total. The quantitative estimate of drug-likeness (QED) is 0.140. The van der Waals surface area contributed by atoms with Crippen molar-refractivity contribution in [3.05, 3.63) is 93.1 Å². The zero-order valence-corrected chi connectivity index (χ0v) is 35.5. The molecular formula is C44H61Cl2SiZr. The van der Waals surface area contributed by atoms with Crippen LogP contribution in [0.3, 0.4) is 0 Å². The third kappa shape index (κ3) is 7.10. The number of halogens is 2. The average Bonchev–Trinajstić information content (AvgIpc) is 3.71. The van der Waals surface area contributed by atoms with Crippen LogP contribution in [0.5, 0.6) is 0 Å². The van der Waals surface area contributed by atoms with E-state index in [4.69, 9.17) is 17.0 Å². The Hall–Kier alpha value is -0.920. The van der Waals surface area contributed by atoms with E-state index < -0.39 is 21.5 Å². The van der Waals surface area contributed by atoms with Crippen LogP contribution in [0.15, 0.2) is 59.7 Å². The van der Waals surface area contributed by atoms with Crippen LogP contribution in [0, 0.1) is 11.8 Å². The van der Waals surface area contributed by atoms with Crippen LogP contribution in [0.1, 0.15) is 157 Å². The molecule has 2 fully saturated rings. The Morgan fingerprint density at radius 1 is 0.646 bits per heavy atom. The number of rotatable bonds is 13. The summed E-state index contributed by atoms with van der Waals surface area (Å²) in [6.45, 7) is 9.65. The maximum absolute atomic E-state index is 8.94. The van der Waals surface area contributed by atoms with Gasteiger partial charge in [0.1, 0.15) is 0 Å². The Kier molecular flexibility index (Phi) is 12.4. The van der Waals surface area contributed by atoms with Gasteiger partial charge in [0.15, 0.2) is 0 Å². The van der Waals surface area contributed by atoms with Crippen LogP contribution in [0.4, 0.5) is 0 Å². The number of unbranched alkanes of at least 4 members (excludes halogenated alkanes) is 4. The maximum atomic E-state index is 8.94. The van der Waals surface area contributed by atoms with Gasteiger partial charge in [-0.25, -0.2) is 0 Å². The van der Waals surface area contributed by atoms with Crippen LogP contribution in [-0.4, -0.2) is 5.92 Å². The third-order valence-corrected chi connectivity index (χ3v) is 64.3. The SMILES string of the molecule is CCCCC=Cc1cccc2c1C=C(C1CCCCC1)[CH]2[Zr]([Cl])([Cl])([CH]1C(C2CCCCC2)=Cc2c(C=CCCCC)cccc21)[SiH](C)C. The van der Waals surface area contributed by atoms with Gasteiger partial charge in [0, 0.05) is 0 Å². The first kappa shape index (κ1) is 36.9. The third-order valence-electron chi connectivity index (χ3n) is 12.7. The van der Waals surface area contributed by atoms with Crippen molar-refractivity contribution in [2.75, 3.05) is 0 Å². The monoisotopic (exact) mass is 777 g/mol. The van der Waals surface area contributed by atoms with Crippen molar-refractivity contribution in [3.63, 3.8) is 0 Å². The summed E-state index contributed by atoms with van der Waals surface area (Å²) in [5.41, 5.74) is 11.8. The Bertz CT molecular complexity index is 1440. The molecule has 4 aliphatic rings. The van der Waals surface area contributed by atoms with E-state index in [0.29, 0.717) is 11.8 Å². The molecule has 0 bridgehead atoms. The van der Waals surface area contributed by atoms with Gasteiger partial charge < -0.3 is 0 Å². The first-order chi connectivity index (χ1) is 23.3. The second-order valence-electron chi connectivity index (χ2n) is 16.0. The van der Waals surface area contributed by atoms with Gasteiger partial charge in [-0.05, 0) is 0 Å². The number of fused-ring (bicyclic) bond motifs is 2. The molecule has 2 aromatic rings. The van der Waals surface area contributed by atoms with E-state index in [2.05, 4.69) is 99.8 Å². The van der Waals surface area contributed by atoms with E-state index in [1.165, 1.54) is 123 Å². The van der Waals surface area contributed by atoms with Crippen molar-refractivity contribution >= 4 is 47.3 Å². The van der Waals surface area contributed by atoms with Crippen LogP contribution in [-0.2, 0) is 15.6 Å². The van der Waals surface area contributed by atoms with E-state index in [-0.39, 0.29) is 7.25 Å². The van der Waals surface area contributed by atoms with Crippen molar-refractivity contribution in [2.45, 2.75) is 137 Å². The standard InChI is InChI=1S/2C21H27.C2H7Si.2ClH.Zr/c2*1-2-3-4-6-12-18-13-9-14-19-15-20(16-21(18)19)17-10-7-5-8-11-17;1-3-2;;;/h2*6,9,12-17H,2-5,7-8,10-11H2,1H3;3H,1-2H3;2*1H;/q;;;;;+2/p-2. The second kappa shape index (κ2) is 16.2. The van der Waals surface area contributed by atoms with Crippen molar-refractivity contribution in [1.29, 1.82) is 0 Å². The van der Waals surface area contributed by atoms with Gasteiger partial charge in [0.25, 0.3) is 0 Å². The minimum absolute atomic E-state index is 0.204. The van der Waals surface area contributed by atoms with Crippen molar-refractivity contribution in [2.24, 2.45) is 11.8 Å². The molecule has 2 atom stereocenters. The molecule has 0 radical (unpaired) electrons. The molecule has 48 heavy (non-hydrogen) atoms. The zero-order chi connectivity index (χ0) is 33.8. The van der Waals surface area contributed by atoms with Gasteiger partial charge in [0.05, 0.1) is 0 Å². The Morgan fingerprint density at radius 2 is 1.06 bits per heavy atom. The first-order valence-corrected chi connectivity index (χ1v) is 36.2. The van der Waals surface area contributed by atoms with Crippen molar-refractivity contribution in [1.82, 2.24) is 0 Å². The number of benzene rings is 2. The minimum atomic E-state index is -4.83. The predicted octanol–water partition coefficient (Wildman–Crippen LogP) is 14.8. The molecule has 4 heteroatoms. The average molecular weight is 780 g/mol. The van der Waals surface area contributed by atoms with Crippen LogP contribution < -0.4 is 0 Å². The molecule has 2 saturated carbocycles. The Morgan fingerprint density at radius 3 is 1.44 bits per heavy atom. The van der Waals surface area contributed by atoms with E-state index in [9.17, 15) is 0 Å². The fourth-order valence-corrected chi connectivity index (χ4v) is 40.9. The summed E-state index contributed by atoms with van der Waals surface area (Å²) in [5, 5.41) is 0. The second-order valence-corrected chi connectivity index (χ2v) is 58.5. The summed E-state index contributed by atoms with van der Waals surface area (Å²) in [6, 6.07) is 14.2. The van der Waals surface area contributed by atoms with Gasteiger partial charge in [0.2, 0.25) is 0 Å². The molecule has 2 aromatic carbocycles. The molecular weight excluding hydrogens is 719 g/mol. The molecule has 4 aliphatic carbocycles. The Balaban J connectivity index is 1.55. The van der Waals surface area contributed by atoms with Crippen molar-refractivity contribution in [3.8, 4) is 0 Å². The summed E-state index contributed by atoms with van der Waals surface area (Å²) in [6.07, 6.45) is 35.3. The normalized spacial score (nSPS) is 23.0. The van der Waals surface area contributed by atoms with Gasteiger partial charge >= 0.3 is 305 Å². The molecule has 0 saturated heterocycles. The van der Waals surface area contributed by atoms with E-state index >= 15 is 0 Å². The predicted molar refractivity (Wildman–Crippen MR) is 215 cm³/mol. The van der Waals surface area contributed by atoms with E-state index in [1.807, 2.05) is 0 Å². The molecule has 0 aromatic heterocycles. The summed E-state index contributed by atoms with van der Waals surface area (Å²) < 4.78 is 0.408. The number of allylic oxidation sites excluding steroid dienone is 4. The summed E-state index contributed by atoms with van der Waals surface area (Å²) in [4.78, 5) is 0. The first-order valence-electron chi connectivity index (χ1n) is 19.9. The molecule has 0 amide bonds. The molecule has 6 rings (SSSR count). The van der Waals surface area contributed by atoms with Gasteiger partial charge in [-0.15, -0.1) is 0 Å². The fraction of sp³-hybridized carbons (Fsp3) is 0.545. The van der Waals surface area contributed by atoms with E-state index in [0.717, 1.165) is 12.8 Å². The van der Waals surface area contributed by atoms with Crippen molar-refractivity contribution < 1.29 is 15.6 Å². The molecule has 2 unspecified atom stereocenters. The summed E-state index contributed by atoms with van der Waals surface area (Å²) >= 11 is -4.83. The van der Waals surface area contributed by atoms with Gasteiger partial charge in [-0.1, -0.05) is 0 Å². The summed E-state index contributed by atoms with van der Waals surface area (Å²) in [5.74, 6) is -0.398. The number of hydrogen-bond acceptors (Lipinski definition) is 0. The van der Waals surface area contributed by atoms with E-state index in [1.54, 1.807) is 11.1 Å². The fourth-order valence-electron chi connectivity index (χ4n) is 9.90. The summed E-state index contributed by atoms with van der Waals surface area (Å²) in [7, 11) is 17.9. The van der Waals surface area contributed by atoms with Gasteiger partial charge in [-0.3, -0.25) is 0 Å². The number of hydrogen-bond donors (Lipinski definition) is 0. The molecule has 259 valence electrons. The zero-order valence-electron chi connectivity index (χ0n) is 30.4. The van der Waals surface area contributed by atoms with Crippen LogP contribution in [0.2, 0.25) is 13.1 Å². The Labute approximate surface area is 302 Å². The molecule has 0 spiro atoms. The van der Waals surface area contributed by atoms with Crippen LogP contribution in [0.25, 0.3) is 24.3 Å². The molecule has 0 N–H and O–H groups in total. The van der Waals surface area contributed by atoms with Gasteiger partial charge in [-0.2, -0.15) is 0 Å². The van der Waals surface area contributed by atoms with Crippen LogP contribution >= 0.6 is 17.0 Å². The molecule has 0 heterocycles.